The summed E-state index contributed by atoms with van der Waals surface area (Å²) in [5, 5.41) is 3.47. The van der Waals surface area contributed by atoms with Crippen LogP contribution in [0.5, 0.6) is 0 Å². The van der Waals surface area contributed by atoms with Gasteiger partial charge in [-0.1, -0.05) is 140 Å². The minimum Gasteiger partial charge on any atom is -0.143 e. The summed E-state index contributed by atoms with van der Waals surface area (Å²) in [4.78, 5) is 0. The van der Waals surface area contributed by atoms with E-state index in [-0.39, 0.29) is 0 Å². The first kappa shape index (κ1) is 25.7. The number of rotatable bonds is 5. The van der Waals surface area contributed by atoms with Crippen molar-refractivity contribution in [1.29, 1.82) is 0 Å². The number of hydrogen-bond donors (Lipinski definition) is 0. The summed E-state index contributed by atoms with van der Waals surface area (Å²) >= 11 is 1.79. The van der Waals surface area contributed by atoms with Gasteiger partial charge in [-0.25, -0.2) is 0 Å². The van der Waals surface area contributed by atoms with Crippen molar-refractivity contribution in [3.63, 3.8) is 0 Å². The average Bonchev–Trinajstić information content (AvgIpc) is 3.62. The van der Waals surface area contributed by atoms with Gasteiger partial charge >= 0.3 is 0 Å². The highest BCUT2D eigenvalue weighted by Gasteiger charge is 2.46. The smallest absolute Gasteiger partial charge is 0.0713 e. The number of fused-ring (bicyclic) bond motifs is 4. The highest BCUT2D eigenvalue weighted by molar-refractivity contribution is 7.17. The van der Waals surface area contributed by atoms with E-state index in [1.54, 1.807) is 11.3 Å². The van der Waals surface area contributed by atoms with Crippen LogP contribution in [0.25, 0.3) is 49.5 Å². The standard InChI is InChI=1S/C42H30S/c1-3-29-27-43-41-24-31(22-23-34(29)41)36-25-38-35-16-10-11-17-39(35)42(32-12-6-4-7-13-32,33-14-8-5-9-15-33)40(38)26-37(36)30-20-18-28(2)19-21-30/h3-27H,1H2,2H3. The van der Waals surface area contributed by atoms with Gasteiger partial charge in [0.05, 0.1) is 5.41 Å². The van der Waals surface area contributed by atoms with Crippen LogP contribution >= 0.6 is 11.3 Å². The normalized spacial score (nSPS) is 13.0. The van der Waals surface area contributed by atoms with Gasteiger partial charge in [-0.3, -0.25) is 0 Å². The molecule has 0 saturated carbocycles. The summed E-state index contributed by atoms with van der Waals surface area (Å²) in [5.41, 5.74) is 14.8. The zero-order valence-electron chi connectivity index (χ0n) is 24.0. The maximum atomic E-state index is 4.03. The highest BCUT2D eigenvalue weighted by atomic mass is 32.1. The van der Waals surface area contributed by atoms with Crippen molar-refractivity contribution in [3.05, 3.63) is 185 Å². The first-order chi connectivity index (χ1) is 21.2. The number of thiophene rings is 1. The number of benzene rings is 6. The van der Waals surface area contributed by atoms with Gasteiger partial charge in [-0.05, 0) is 97.1 Å². The number of aryl methyl sites for hydroxylation is 1. The van der Waals surface area contributed by atoms with Gasteiger partial charge in [0.15, 0.2) is 0 Å². The quantitative estimate of drug-likeness (QED) is 0.194. The van der Waals surface area contributed by atoms with E-state index in [0.717, 1.165) is 0 Å². The zero-order chi connectivity index (χ0) is 29.0. The predicted molar refractivity (Wildman–Crippen MR) is 185 cm³/mol. The highest BCUT2D eigenvalue weighted by Crippen LogP contribution is 2.58. The lowest BCUT2D eigenvalue weighted by atomic mass is 9.67. The molecule has 204 valence electrons. The third-order valence-electron chi connectivity index (χ3n) is 9.10. The van der Waals surface area contributed by atoms with Crippen LogP contribution in [0.3, 0.4) is 0 Å². The molecule has 0 bridgehead atoms. The molecule has 6 aromatic carbocycles. The molecule has 0 saturated heterocycles. The molecule has 1 aliphatic carbocycles. The topological polar surface area (TPSA) is 0 Å². The second-order valence-electron chi connectivity index (χ2n) is 11.4. The van der Waals surface area contributed by atoms with Gasteiger partial charge in [0.1, 0.15) is 0 Å². The summed E-state index contributed by atoms with van der Waals surface area (Å²) in [6.07, 6.45) is 1.95. The molecule has 1 aromatic heterocycles. The molecular weight excluding hydrogens is 537 g/mol. The van der Waals surface area contributed by atoms with E-state index in [0.29, 0.717) is 0 Å². The summed E-state index contributed by atoms with van der Waals surface area (Å²) < 4.78 is 1.28. The van der Waals surface area contributed by atoms with Crippen molar-refractivity contribution < 1.29 is 0 Å². The minimum absolute atomic E-state index is 0.428. The molecule has 0 amide bonds. The maximum absolute atomic E-state index is 4.03. The van der Waals surface area contributed by atoms with Crippen molar-refractivity contribution in [2.45, 2.75) is 12.3 Å². The molecule has 7 aromatic rings. The predicted octanol–water partition coefficient (Wildman–Crippen LogP) is 11.5. The van der Waals surface area contributed by atoms with Crippen LogP contribution in [-0.2, 0) is 5.41 Å². The van der Waals surface area contributed by atoms with Crippen LogP contribution in [0, 0.1) is 6.92 Å². The Hall–Kier alpha value is -4.98. The van der Waals surface area contributed by atoms with E-state index in [1.807, 2.05) is 6.08 Å². The van der Waals surface area contributed by atoms with E-state index in [4.69, 9.17) is 0 Å². The Morgan fingerprint density at radius 3 is 1.88 bits per heavy atom. The van der Waals surface area contributed by atoms with E-state index in [1.165, 1.54) is 76.8 Å². The average molecular weight is 567 g/mol. The molecule has 0 spiro atoms. The summed E-state index contributed by atoms with van der Waals surface area (Å²) in [6.45, 7) is 6.18. The Bertz CT molecular complexity index is 2090. The molecule has 0 aliphatic heterocycles. The molecule has 0 fully saturated rings. The summed E-state index contributed by atoms with van der Waals surface area (Å²) in [5.74, 6) is 0. The molecule has 0 unspecified atom stereocenters. The third-order valence-corrected chi connectivity index (χ3v) is 10.1. The Labute approximate surface area is 257 Å². The van der Waals surface area contributed by atoms with Gasteiger partial charge in [0.25, 0.3) is 0 Å². The molecule has 8 rings (SSSR count). The fourth-order valence-corrected chi connectivity index (χ4v) is 8.06. The van der Waals surface area contributed by atoms with Crippen molar-refractivity contribution in [1.82, 2.24) is 0 Å². The molecule has 1 heterocycles. The number of hydrogen-bond acceptors (Lipinski definition) is 1. The second-order valence-corrected chi connectivity index (χ2v) is 12.4. The molecule has 0 atom stereocenters. The van der Waals surface area contributed by atoms with Crippen LogP contribution in [0.2, 0.25) is 0 Å². The van der Waals surface area contributed by atoms with Crippen LogP contribution in [-0.4, -0.2) is 0 Å². The minimum atomic E-state index is -0.428. The van der Waals surface area contributed by atoms with Gasteiger partial charge < -0.3 is 0 Å². The van der Waals surface area contributed by atoms with E-state index in [9.17, 15) is 0 Å². The monoisotopic (exact) mass is 566 g/mol. The fourth-order valence-electron chi connectivity index (χ4n) is 7.07. The Kier molecular flexibility index (Phi) is 6.03. The second kappa shape index (κ2) is 10.1. The Morgan fingerprint density at radius 1 is 0.558 bits per heavy atom. The molecule has 0 nitrogen and oxygen atoms in total. The molecule has 1 heteroatoms. The Morgan fingerprint density at radius 2 is 1.19 bits per heavy atom. The molecule has 0 radical (unpaired) electrons. The van der Waals surface area contributed by atoms with Gasteiger partial charge in [-0.2, -0.15) is 0 Å². The van der Waals surface area contributed by atoms with Crippen LogP contribution in [0.4, 0.5) is 0 Å². The van der Waals surface area contributed by atoms with Gasteiger partial charge in [0, 0.05) is 4.70 Å². The maximum Gasteiger partial charge on any atom is 0.0713 e. The van der Waals surface area contributed by atoms with Gasteiger partial charge in [0.2, 0.25) is 0 Å². The fraction of sp³-hybridized carbons (Fsp3) is 0.0476. The van der Waals surface area contributed by atoms with Crippen LogP contribution in [0.15, 0.2) is 151 Å². The van der Waals surface area contributed by atoms with Crippen LogP contribution < -0.4 is 0 Å². The lowest BCUT2D eigenvalue weighted by Gasteiger charge is -2.34. The van der Waals surface area contributed by atoms with Crippen molar-refractivity contribution >= 4 is 27.5 Å². The molecular formula is C42H30S. The summed E-state index contributed by atoms with van der Waals surface area (Å²) in [7, 11) is 0. The SMILES string of the molecule is C=Cc1csc2cc(-c3cc4c(cc3-c3ccc(C)cc3)C(c3ccccc3)(c3ccccc3)c3ccccc3-4)ccc12. The van der Waals surface area contributed by atoms with Crippen molar-refractivity contribution in [2.24, 2.45) is 0 Å². The van der Waals surface area contributed by atoms with E-state index < -0.39 is 5.41 Å². The summed E-state index contributed by atoms with van der Waals surface area (Å²) in [6, 6.07) is 51.9. The van der Waals surface area contributed by atoms with Crippen LogP contribution in [0.1, 0.15) is 33.4 Å². The third kappa shape index (κ3) is 3.89. The van der Waals surface area contributed by atoms with E-state index in [2.05, 4.69) is 158 Å². The Balaban J connectivity index is 1.49. The lowest BCUT2D eigenvalue weighted by Crippen LogP contribution is -2.28. The molecule has 0 N–H and O–H groups in total. The lowest BCUT2D eigenvalue weighted by molar-refractivity contribution is 0.769. The zero-order valence-corrected chi connectivity index (χ0v) is 24.9. The molecule has 43 heavy (non-hydrogen) atoms. The van der Waals surface area contributed by atoms with Crippen molar-refractivity contribution in [3.8, 4) is 33.4 Å². The van der Waals surface area contributed by atoms with Crippen molar-refractivity contribution in [2.75, 3.05) is 0 Å². The largest absolute Gasteiger partial charge is 0.143 e. The van der Waals surface area contributed by atoms with Gasteiger partial charge in [-0.15, -0.1) is 11.3 Å². The first-order valence-corrected chi connectivity index (χ1v) is 15.7. The first-order valence-electron chi connectivity index (χ1n) is 14.8. The molecule has 1 aliphatic rings. The van der Waals surface area contributed by atoms with E-state index >= 15 is 0 Å².